The van der Waals surface area contributed by atoms with E-state index in [1.807, 2.05) is 25.1 Å². The molecule has 71 heavy (non-hydrogen) atoms. The Kier molecular flexibility index (Phi) is 19.0. The smallest absolute Gasteiger partial charge is 0.321 e. The van der Waals surface area contributed by atoms with Gasteiger partial charge < -0.3 is 39.5 Å². The highest BCUT2D eigenvalue weighted by atomic mass is 19.2. The van der Waals surface area contributed by atoms with Crippen molar-refractivity contribution in [1.29, 1.82) is 0 Å². The molecule has 0 radical (unpaired) electrons. The number of anilines is 1. The SMILES string of the molecule is CCOC(=O)C(CN1CCC(c2ccc(OC)cc2)CC1)C1CCN(C(=O)/C=C/c2cc(F)c(F)c(F)c2)CC1.O=C(Nc1ccc(F)c(F)c1)N1CCC(C(O)CN2CCC(c3ccn[nH]3)CC2)CC1. The van der Waals surface area contributed by atoms with Crippen LogP contribution in [0.2, 0.25) is 0 Å². The number of β-amino-alcohol motifs (C(OH)–C–C–N with tert-alkyl or cyclic N) is 1. The summed E-state index contributed by atoms with van der Waals surface area (Å²) in [6.07, 6.45) is 10.8. The van der Waals surface area contributed by atoms with Gasteiger partial charge in [-0.3, -0.25) is 14.7 Å². The van der Waals surface area contributed by atoms with Crippen molar-refractivity contribution < 1.29 is 50.9 Å². The molecular weight excluding hydrogens is 926 g/mol. The normalized spacial score (nSPS) is 19.0. The van der Waals surface area contributed by atoms with Crippen LogP contribution >= 0.6 is 0 Å². The van der Waals surface area contributed by atoms with Gasteiger partial charge in [0.2, 0.25) is 5.91 Å². The number of esters is 1. The molecule has 4 aliphatic heterocycles. The number of hydrogen-bond donors (Lipinski definition) is 3. The summed E-state index contributed by atoms with van der Waals surface area (Å²) in [6, 6.07) is 14.9. The number of piperidine rings is 4. The van der Waals surface area contributed by atoms with Gasteiger partial charge in [-0.2, -0.15) is 5.10 Å². The quantitative estimate of drug-likeness (QED) is 0.0490. The summed E-state index contributed by atoms with van der Waals surface area (Å²) < 4.78 is 77.2. The number of nitrogens with zero attached hydrogens (tertiary/aromatic N) is 5. The van der Waals surface area contributed by atoms with Crippen LogP contribution in [-0.4, -0.2) is 138 Å². The predicted octanol–water partition coefficient (Wildman–Crippen LogP) is 8.60. The maximum Gasteiger partial charge on any atom is 0.321 e. The van der Waals surface area contributed by atoms with Crippen molar-refractivity contribution in [2.45, 2.75) is 76.2 Å². The number of nitrogens with one attached hydrogen (secondary N) is 2. The van der Waals surface area contributed by atoms with Crippen LogP contribution in [0.15, 0.2) is 72.9 Å². The third kappa shape index (κ3) is 14.6. The number of ether oxygens (including phenoxy) is 2. The van der Waals surface area contributed by atoms with Crippen LogP contribution in [0.1, 0.15) is 86.9 Å². The zero-order valence-corrected chi connectivity index (χ0v) is 40.5. The van der Waals surface area contributed by atoms with Gasteiger partial charge in [0.05, 0.1) is 25.7 Å². The molecule has 18 heteroatoms. The van der Waals surface area contributed by atoms with E-state index < -0.39 is 35.2 Å². The molecule has 13 nitrogen and oxygen atoms in total. The van der Waals surface area contributed by atoms with E-state index in [2.05, 4.69) is 37.4 Å². The Bertz CT molecular complexity index is 2360. The number of aromatic amines is 1. The summed E-state index contributed by atoms with van der Waals surface area (Å²) in [4.78, 5) is 46.1. The largest absolute Gasteiger partial charge is 0.497 e. The molecule has 3 N–H and O–H groups in total. The van der Waals surface area contributed by atoms with E-state index in [-0.39, 0.29) is 46.9 Å². The number of benzene rings is 3. The Balaban J connectivity index is 0.000000215. The molecule has 8 rings (SSSR count). The molecule has 1 aromatic heterocycles. The monoisotopic (exact) mass is 991 g/mol. The van der Waals surface area contributed by atoms with Crippen molar-refractivity contribution in [3.05, 3.63) is 119 Å². The molecule has 4 fully saturated rings. The minimum absolute atomic E-state index is 0.0674. The van der Waals surface area contributed by atoms with Crippen molar-refractivity contribution in [3.8, 4) is 5.75 Å². The van der Waals surface area contributed by atoms with Crippen LogP contribution in [0.3, 0.4) is 0 Å². The van der Waals surface area contributed by atoms with Gasteiger partial charge in [0.1, 0.15) is 5.75 Å². The lowest BCUT2D eigenvalue weighted by molar-refractivity contribution is -0.152. The first-order valence-corrected chi connectivity index (χ1v) is 24.8. The van der Waals surface area contributed by atoms with Gasteiger partial charge in [-0.15, -0.1) is 0 Å². The topological polar surface area (TPSA) is 144 Å². The number of carbonyl (C=O) groups is 3. The molecular formula is C53H66F5N7O6. The maximum atomic E-state index is 13.5. The Morgan fingerprint density at radius 2 is 1.34 bits per heavy atom. The lowest BCUT2D eigenvalue weighted by Gasteiger charge is -2.38. The lowest BCUT2D eigenvalue weighted by atomic mass is 9.82. The highest BCUT2D eigenvalue weighted by molar-refractivity contribution is 5.92. The van der Waals surface area contributed by atoms with E-state index >= 15 is 0 Å². The molecule has 0 aliphatic carbocycles. The standard InChI is InChI=1S/C31H37F3N2O4.C22H29F2N5O2/c1-3-40-31(38)26(20-35-14-10-23(11-15-35)22-5-7-25(39-2)8-6-22)24-12-16-36(17-13-24)29(37)9-4-21-18-27(32)30(34)28(33)19-21;23-18-2-1-17(13-19(18)24)26-22(31)29-11-6-16(7-12-29)21(30)14-28-9-4-15(5-10-28)20-3-8-25-27-20/h4-9,18-19,23-24,26H,3,10-17,20H2,1-2H3;1-3,8,13,15-16,21,30H,4-7,9-12,14H2,(H,25,27)(H,26,31)/b9-4+;. The first-order chi connectivity index (χ1) is 34.3. The van der Waals surface area contributed by atoms with E-state index in [1.54, 1.807) is 23.1 Å². The highest BCUT2D eigenvalue weighted by Gasteiger charge is 2.36. The van der Waals surface area contributed by atoms with E-state index in [0.717, 1.165) is 94.7 Å². The van der Waals surface area contributed by atoms with Gasteiger partial charge in [0.15, 0.2) is 29.1 Å². The Hall–Kier alpha value is -5.85. The Morgan fingerprint density at radius 1 is 0.732 bits per heavy atom. The molecule has 384 valence electrons. The number of urea groups is 1. The number of carbonyl (C=O) groups excluding carboxylic acids is 3. The van der Waals surface area contributed by atoms with Gasteiger partial charge in [-0.05, 0) is 162 Å². The van der Waals surface area contributed by atoms with Gasteiger partial charge in [-0.1, -0.05) is 12.1 Å². The molecule has 3 aromatic carbocycles. The number of aromatic nitrogens is 2. The highest BCUT2D eigenvalue weighted by Crippen LogP contribution is 2.33. The third-order valence-corrected chi connectivity index (χ3v) is 14.6. The molecule has 5 heterocycles. The van der Waals surface area contributed by atoms with E-state index in [1.165, 1.54) is 29.5 Å². The number of likely N-dealkylation sites (tertiary alicyclic amines) is 4. The Labute approximate surface area is 412 Å². The summed E-state index contributed by atoms with van der Waals surface area (Å²) in [5, 5.41) is 20.4. The summed E-state index contributed by atoms with van der Waals surface area (Å²) in [6.45, 7) is 9.12. The lowest BCUT2D eigenvalue weighted by Crippen LogP contribution is -2.46. The van der Waals surface area contributed by atoms with Crippen LogP contribution in [0.5, 0.6) is 5.75 Å². The van der Waals surface area contributed by atoms with Crippen molar-refractivity contribution >= 4 is 29.7 Å². The average molecular weight is 992 g/mol. The summed E-state index contributed by atoms with van der Waals surface area (Å²) >= 11 is 0. The molecule has 4 saturated heterocycles. The van der Waals surface area contributed by atoms with Crippen LogP contribution in [0.4, 0.5) is 32.4 Å². The van der Waals surface area contributed by atoms with Crippen molar-refractivity contribution in [2.75, 3.05) is 84.5 Å². The maximum absolute atomic E-state index is 13.5. The molecule has 4 aliphatic rings. The molecule has 2 unspecified atom stereocenters. The fourth-order valence-electron chi connectivity index (χ4n) is 10.3. The fraction of sp³-hybridized carbons (Fsp3) is 0.509. The number of aliphatic hydroxyl groups is 1. The number of rotatable bonds is 14. The van der Waals surface area contributed by atoms with Crippen LogP contribution in [0, 0.1) is 46.8 Å². The van der Waals surface area contributed by atoms with Crippen molar-refractivity contribution in [2.24, 2.45) is 17.8 Å². The number of aliphatic hydroxyl groups excluding tert-OH is 1. The minimum atomic E-state index is -1.54. The Morgan fingerprint density at radius 3 is 1.93 bits per heavy atom. The molecule has 0 saturated carbocycles. The number of hydrogen-bond acceptors (Lipinski definition) is 9. The number of halogens is 5. The molecule has 0 spiro atoms. The number of methoxy groups -OCH3 is 1. The fourth-order valence-corrected chi connectivity index (χ4v) is 10.3. The zero-order chi connectivity index (χ0) is 50.4. The number of amides is 3. The molecule has 0 bridgehead atoms. The summed E-state index contributed by atoms with van der Waals surface area (Å²) in [5.74, 6) is -4.76. The van der Waals surface area contributed by atoms with Gasteiger partial charge in [-0.25, -0.2) is 26.7 Å². The second kappa shape index (κ2) is 25.5. The second-order valence-electron chi connectivity index (χ2n) is 19.0. The molecule has 4 aromatic rings. The van der Waals surface area contributed by atoms with Crippen LogP contribution in [0.25, 0.3) is 6.08 Å². The van der Waals surface area contributed by atoms with Gasteiger partial charge >= 0.3 is 12.0 Å². The zero-order valence-electron chi connectivity index (χ0n) is 40.5. The van der Waals surface area contributed by atoms with Gasteiger partial charge in [0, 0.05) is 74.9 Å². The predicted molar refractivity (Wildman–Crippen MR) is 259 cm³/mol. The third-order valence-electron chi connectivity index (χ3n) is 14.6. The van der Waals surface area contributed by atoms with E-state index in [9.17, 15) is 41.4 Å². The van der Waals surface area contributed by atoms with E-state index in [0.29, 0.717) is 70.6 Å². The van der Waals surface area contributed by atoms with Crippen LogP contribution < -0.4 is 10.1 Å². The van der Waals surface area contributed by atoms with Crippen LogP contribution in [-0.2, 0) is 14.3 Å². The van der Waals surface area contributed by atoms with E-state index in [4.69, 9.17) is 9.47 Å². The van der Waals surface area contributed by atoms with Gasteiger partial charge in [0.25, 0.3) is 0 Å². The second-order valence-corrected chi connectivity index (χ2v) is 19.0. The van der Waals surface area contributed by atoms with Crippen molar-refractivity contribution in [1.82, 2.24) is 29.8 Å². The summed E-state index contributed by atoms with van der Waals surface area (Å²) in [5.41, 5.74) is 2.79. The first-order valence-electron chi connectivity index (χ1n) is 24.8. The molecule has 3 amide bonds. The van der Waals surface area contributed by atoms with Crippen molar-refractivity contribution in [3.63, 3.8) is 0 Å². The number of H-pyrrole nitrogens is 1. The average Bonchev–Trinajstić information content (AvgIpc) is 3.94. The minimum Gasteiger partial charge on any atom is -0.497 e. The summed E-state index contributed by atoms with van der Waals surface area (Å²) in [7, 11) is 1.66. The first kappa shape index (κ1) is 53.0. The molecule has 2 atom stereocenters.